The Morgan fingerprint density at radius 1 is 1.50 bits per heavy atom. The van der Waals surface area contributed by atoms with Gasteiger partial charge in [-0.3, -0.25) is 0 Å². The largest absolute Gasteiger partial charge is 0.368 e. The maximum Gasteiger partial charge on any atom is 0.227 e. The number of nitrogen functional groups attached to an aromatic ring is 1. The fraction of sp³-hybridized carbons (Fsp3) is 0.364. The summed E-state index contributed by atoms with van der Waals surface area (Å²) >= 11 is 7.61. The minimum absolute atomic E-state index is 0.223. The van der Waals surface area contributed by atoms with E-state index < -0.39 is 0 Å². The quantitative estimate of drug-likeness (QED) is 0.882. The van der Waals surface area contributed by atoms with Crippen LogP contribution in [0.1, 0.15) is 18.9 Å². The van der Waals surface area contributed by atoms with E-state index in [4.69, 9.17) is 17.3 Å². The van der Waals surface area contributed by atoms with Gasteiger partial charge in [-0.15, -0.1) is 11.3 Å². The van der Waals surface area contributed by atoms with E-state index in [9.17, 15) is 0 Å². The highest BCUT2D eigenvalue weighted by molar-refractivity contribution is 7.14. The third-order valence-electron chi connectivity index (χ3n) is 2.51. The lowest BCUT2D eigenvalue weighted by atomic mass is 10.1. The van der Waals surface area contributed by atoms with Crippen molar-refractivity contribution >= 4 is 34.8 Å². The standard InChI is InChI=1S/C11H14ClN5S/c1-7(2-3-8-4-5-18-9(8)12)16-11-15-6-14-10(13)17-11/h4-7H,2-3H2,1H3,(H3,13,14,15,16,17). The molecule has 2 aromatic heterocycles. The first-order valence-corrected chi connectivity index (χ1v) is 6.84. The maximum atomic E-state index is 6.05. The Balaban J connectivity index is 1.86. The lowest BCUT2D eigenvalue weighted by Crippen LogP contribution is -2.18. The fourth-order valence-corrected chi connectivity index (χ4v) is 2.53. The highest BCUT2D eigenvalue weighted by Crippen LogP contribution is 2.24. The van der Waals surface area contributed by atoms with Crippen LogP contribution in [0, 0.1) is 0 Å². The van der Waals surface area contributed by atoms with E-state index >= 15 is 0 Å². The lowest BCUT2D eigenvalue weighted by molar-refractivity contribution is 0.699. The molecule has 1 unspecified atom stereocenters. The summed E-state index contributed by atoms with van der Waals surface area (Å²) in [7, 11) is 0. The monoisotopic (exact) mass is 283 g/mol. The molecule has 7 heteroatoms. The minimum Gasteiger partial charge on any atom is -0.368 e. The molecule has 0 amide bonds. The zero-order valence-electron chi connectivity index (χ0n) is 9.93. The number of rotatable bonds is 5. The van der Waals surface area contributed by atoms with Crippen molar-refractivity contribution in [2.24, 2.45) is 0 Å². The molecule has 0 saturated heterocycles. The molecule has 3 N–H and O–H groups in total. The number of thiophene rings is 1. The Morgan fingerprint density at radius 2 is 2.33 bits per heavy atom. The van der Waals surface area contributed by atoms with Gasteiger partial charge in [-0.05, 0) is 36.8 Å². The number of nitrogens with two attached hydrogens (primary N) is 1. The van der Waals surface area contributed by atoms with Gasteiger partial charge >= 0.3 is 0 Å². The second kappa shape index (κ2) is 5.97. The Labute approximate surface area is 114 Å². The van der Waals surface area contributed by atoms with Crippen molar-refractivity contribution in [3.05, 3.63) is 27.7 Å². The molecule has 0 fully saturated rings. The summed E-state index contributed by atoms with van der Waals surface area (Å²) in [5.74, 6) is 0.729. The third-order valence-corrected chi connectivity index (χ3v) is 3.76. The lowest BCUT2D eigenvalue weighted by Gasteiger charge is -2.13. The van der Waals surface area contributed by atoms with E-state index in [1.165, 1.54) is 11.9 Å². The summed E-state index contributed by atoms with van der Waals surface area (Å²) < 4.78 is 0.867. The van der Waals surface area contributed by atoms with Crippen LogP contribution in [0.15, 0.2) is 17.8 Å². The number of halogens is 1. The first-order valence-electron chi connectivity index (χ1n) is 5.58. The molecule has 0 radical (unpaired) electrons. The van der Waals surface area contributed by atoms with Gasteiger partial charge in [0.15, 0.2) is 0 Å². The number of hydrogen-bond donors (Lipinski definition) is 2. The first-order chi connectivity index (χ1) is 8.65. The Hall–Kier alpha value is -1.40. The summed E-state index contributed by atoms with van der Waals surface area (Å²) in [5, 5.41) is 5.19. The number of anilines is 2. The van der Waals surface area contributed by atoms with Crippen molar-refractivity contribution in [2.75, 3.05) is 11.1 Å². The fourth-order valence-electron chi connectivity index (χ4n) is 1.54. The molecule has 0 aliphatic carbocycles. The van der Waals surface area contributed by atoms with Crippen molar-refractivity contribution in [3.63, 3.8) is 0 Å². The van der Waals surface area contributed by atoms with Gasteiger partial charge in [-0.1, -0.05) is 11.6 Å². The number of hydrogen-bond acceptors (Lipinski definition) is 6. The van der Waals surface area contributed by atoms with Crippen LogP contribution in [-0.2, 0) is 6.42 Å². The number of nitrogens with one attached hydrogen (secondary N) is 1. The maximum absolute atomic E-state index is 6.05. The molecular weight excluding hydrogens is 270 g/mol. The average molecular weight is 284 g/mol. The van der Waals surface area contributed by atoms with E-state index in [1.54, 1.807) is 11.3 Å². The van der Waals surface area contributed by atoms with Crippen molar-refractivity contribution < 1.29 is 0 Å². The highest BCUT2D eigenvalue weighted by atomic mass is 35.5. The molecule has 2 rings (SSSR count). The van der Waals surface area contributed by atoms with Crippen LogP contribution in [0.3, 0.4) is 0 Å². The van der Waals surface area contributed by atoms with Crippen LogP contribution in [0.25, 0.3) is 0 Å². The summed E-state index contributed by atoms with van der Waals surface area (Å²) in [6.45, 7) is 2.07. The molecule has 18 heavy (non-hydrogen) atoms. The summed E-state index contributed by atoms with van der Waals surface area (Å²) in [5.41, 5.74) is 6.67. The molecule has 0 bridgehead atoms. The highest BCUT2D eigenvalue weighted by Gasteiger charge is 2.07. The normalized spacial score (nSPS) is 12.3. The second-order valence-electron chi connectivity index (χ2n) is 3.97. The number of aryl methyl sites for hydroxylation is 1. The molecule has 0 spiro atoms. The van der Waals surface area contributed by atoms with Gasteiger partial charge in [0.25, 0.3) is 0 Å². The molecule has 0 aliphatic heterocycles. The SMILES string of the molecule is CC(CCc1ccsc1Cl)Nc1ncnc(N)n1. The van der Waals surface area contributed by atoms with Gasteiger partial charge in [0, 0.05) is 6.04 Å². The molecule has 2 heterocycles. The van der Waals surface area contributed by atoms with Crippen LogP contribution >= 0.6 is 22.9 Å². The van der Waals surface area contributed by atoms with Crippen LogP contribution in [0.5, 0.6) is 0 Å². The van der Waals surface area contributed by atoms with Crippen molar-refractivity contribution in [2.45, 2.75) is 25.8 Å². The van der Waals surface area contributed by atoms with Crippen LogP contribution in [0.4, 0.5) is 11.9 Å². The van der Waals surface area contributed by atoms with Crippen LogP contribution in [0.2, 0.25) is 4.34 Å². The third kappa shape index (κ3) is 3.54. The Kier molecular flexibility index (Phi) is 4.33. The molecule has 5 nitrogen and oxygen atoms in total. The van der Waals surface area contributed by atoms with Gasteiger partial charge in [0.1, 0.15) is 6.33 Å². The smallest absolute Gasteiger partial charge is 0.227 e. The minimum atomic E-state index is 0.223. The van der Waals surface area contributed by atoms with E-state index in [-0.39, 0.29) is 12.0 Å². The molecule has 0 aromatic carbocycles. The van der Waals surface area contributed by atoms with E-state index in [2.05, 4.69) is 33.3 Å². The summed E-state index contributed by atoms with van der Waals surface area (Å²) in [6, 6.07) is 2.29. The zero-order chi connectivity index (χ0) is 13.0. The van der Waals surface area contributed by atoms with Crippen molar-refractivity contribution in [1.29, 1.82) is 0 Å². The van der Waals surface area contributed by atoms with Gasteiger partial charge in [0.2, 0.25) is 11.9 Å². The molecule has 96 valence electrons. The van der Waals surface area contributed by atoms with Gasteiger partial charge < -0.3 is 11.1 Å². The predicted molar refractivity (Wildman–Crippen MR) is 75.0 cm³/mol. The molecule has 0 aliphatic rings. The Bertz CT molecular complexity index is 516. The number of aromatic nitrogens is 3. The number of nitrogens with zero attached hydrogens (tertiary/aromatic N) is 3. The molecule has 0 saturated carbocycles. The first kappa shape index (κ1) is 13.0. The van der Waals surface area contributed by atoms with Crippen molar-refractivity contribution in [1.82, 2.24) is 15.0 Å². The van der Waals surface area contributed by atoms with Crippen molar-refractivity contribution in [3.8, 4) is 0 Å². The molecule has 1 atom stereocenters. The summed E-state index contributed by atoms with van der Waals surface area (Å²) in [6.07, 6.45) is 3.27. The zero-order valence-corrected chi connectivity index (χ0v) is 11.5. The average Bonchev–Trinajstić information content (AvgIpc) is 2.72. The second-order valence-corrected chi connectivity index (χ2v) is 5.49. The molecular formula is C11H14ClN5S. The van der Waals surface area contributed by atoms with Crippen LogP contribution in [-0.4, -0.2) is 21.0 Å². The van der Waals surface area contributed by atoms with Gasteiger partial charge in [-0.25, -0.2) is 9.97 Å². The van der Waals surface area contributed by atoms with Gasteiger partial charge in [-0.2, -0.15) is 4.98 Å². The van der Waals surface area contributed by atoms with Crippen LogP contribution < -0.4 is 11.1 Å². The summed E-state index contributed by atoms with van der Waals surface area (Å²) in [4.78, 5) is 11.7. The molecule has 2 aromatic rings. The van der Waals surface area contributed by atoms with E-state index in [0.717, 1.165) is 17.2 Å². The topological polar surface area (TPSA) is 76.7 Å². The Morgan fingerprint density at radius 3 is 3.00 bits per heavy atom. The van der Waals surface area contributed by atoms with Gasteiger partial charge in [0.05, 0.1) is 4.34 Å². The van der Waals surface area contributed by atoms with E-state index in [0.29, 0.717) is 5.95 Å². The van der Waals surface area contributed by atoms with E-state index in [1.807, 2.05) is 5.38 Å². The predicted octanol–water partition coefficient (Wildman–Crippen LogP) is 2.60.